The number of hydrogen-bond acceptors (Lipinski definition) is 5. The number of carboxylic acids is 1. The summed E-state index contributed by atoms with van der Waals surface area (Å²) in [7, 11) is 1.17. The summed E-state index contributed by atoms with van der Waals surface area (Å²) in [4.78, 5) is 34.9. The molecule has 27 heavy (non-hydrogen) atoms. The van der Waals surface area contributed by atoms with Gasteiger partial charge in [-0.25, -0.2) is 4.79 Å². The molecule has 1 atom stereocenters. The lowest BCUT2D eigenvalue weighted by Crippen LogP contribution is -2.35. The Labute approximate surface area is 159 Å². The van der Waals surface area contributed by atoms with Crippen LogP contribution in [0.3, 0.4) is 0 Å². The summed E-state index contributed by atoms with van der Waals surface area (Å²) in [5.74, 6) is -1.72. The molecule has 0 spiro atoms. The number of ether oxygens (including phenoxy) is 1. The average molecular weight is 390 g/mol. The van der Waals surface area contributed by atoms with E-state index in [0.717, 1.165) is 5.56 Å². The van der Waals surface area contributed by atoms with E-state index in [0.29, 0.717) is 36.1 Å². The number of aldehydes is 1. The number of aromatic carboxylic acids is 1. The van der Waals surface area contributed by atoms with E-state index in [2.05, 4.69) is 0 Å². The molecule has 1 N–H and O–H groups in total. The minimum absolute atomic E-state index is 0.118. The van der Waals surface area contributed by atoms with Crippen molar-refractivity contribution in [3.63, 3.8) is 0 Å². The van der Waals surface area contributed by atoms with Crippen LogP contribution in [0.5, 0.6) is 5.75 Å². The van der Waals surface area contributed by atoms with Crippen molar-refractivity contribution >= 4 is 29.5 Å². The molecule has 0 aliphatic heterocycles. The Kier molecular flexibility index (Phi) is 4.89. The van der Waals surface area contributed by atoms with E-state index in [1.165, 1.54) is 19.2 Å². The standard InChI is InChI=1S/C19H16ClNO6/c1-27-17-13(18(23)24)5-7-15(16(17)21(25)26)19(10-22)8-2-3-11-9-12(20)4-6-14(11)19/h4-7,9-10H,2-3,8H2,1H3,(H,23,24)/t19-/m1/s1. The smallest absolute Gasteiger partial charge is 0.339 e. The number of fused-ring (bicyclic) bond motifs is 1. The summed E-state index contributed by atoms with van der Waals surface area (Å²) in [6.45, 7) is 0. The van der Waals surface area contributed by atoms with Crippen LogP contribution in [-0.4, -0.2) is 29.4 Å². The molecule has 0 fully saturated rings. The van der Waals surface area contributed by atoms with Gasteiger partial charge in [0.1, 0.15) is 11.8 Å². The van der Waals surface area contributed by atoms with Crippen molar-refractivity contribution in [3.8, 4) is 5.75 Å². The van der Waals surface area contributed by atoms with Crippen molar-refractivity contribution in [2.45, 2.75) is 24.7 Å². The first-order chi connectivity index (χ1) is 12.9. The molecule has 140 valence electrons. The topological polar surface area (TPSA) is 107 Å². The number of methoxy groups -OCH3 is 1. The van der Waals surface area contributed by atoms with Gasteiger partial charge >= 0.3 is 11.7 Å². The number of nitro groups is 1. The summed E-state index contributed by atoms with van der Waals surface area (Å²) in [5, 5.41) is 21.7. The molecule has 1 aliphatic rings. The highest BCUT2D eigenvalue weighted by Crippen LogP contribution is 2.48. The van der Waals surface area contributed by atoms with Gasteiger partial charge in [0.15, 0.2) is 0 Å². The van der Waals surface area contributed by atoms with Gasteiger partial charge in [-0.2, -0.15) is 0 Å². The van der Waals surface area contributed by atoms with E-state index < -0.39 is 22.0 Å². The Morgan fingerprint density at radius 3 is 2.63 bits per heavy atom. The van der Waals surface area contributed by atoms with Crippen molar-refractivity contribution < 1.29 is 24.4 Å². The van der Waals surface area contributed by atoms with E-state index in [1.807, 2.05) is 0 Å². The van der Waals surface area contributed by atoms with Gasteiger partial charge < -0.3 is 14.6 Å². The predicted molar refractivity (Wildman–Crippen MR) is 97.8 cm³/mol. The minimum atomic E-state index is -1.35. The van der Waals surface area contributed by atoms with Crippen LogP contribution in [-0.2, 0) is 16.6 Å². The normalized spacial score (nSPS) is 18.4. The molecule has 2 aromatic rings. The summed E-state index contributed by atoms with van der Waals surface area (Å²) in [5.41, 5.74) is -0.510. The molecular weight excluding hydrogens is 374 g/mol. The fourth-order valence-corrected chi connectivity index (χ4v) is 4.04. The Balaban J connectivity index is 2.38. The molecule has 0 unspecified atom stereocenters. The molecule has 0 heterocycles. The van der Waals surface area contributed by atoms with Crippen molar-refractivity contribution in [1.82, 2.24) is 0 Å². The molecular formula is C19H16ClNO6. The van der Waals surface area contributed by atoms with Gasteiger partial charge in [-0.1, -0.05) is 17.7 Å². The number of halogens is 1. The largest absolute Gasteiger partial charge is 0.490 e. The fraction of sp³-hybridized carbons (Fsp3) is 0.263. The van der Waals surface area contributed by atoms with E-state index in [9.17, 15) is 24.8 Å². The number of hydrogen-bond donors (Lipinski definition) is 1. The SMILES string of the molecule is COc1c(C(=O)O)ccc([C@@]2(C=O)CCCc3cc(Cl)ccc32)c1[N+](=O)[O-]. The Bertz CT molecular complexity index is 957. The molecule has 2 aromatic carbocycles. The van der Waals surface area contributed by atoms with E-state index in [4.69, 9.17) is 16.3 Å². The van der Waals surface area contributed by atoms with Crippen molar-refractivity contribution in [2.75, 3.05) is 7.11 Å². The predicted octanol–water partition coefficient (Wildman–Crippen LogP) is 3.78. The molecule has 0 radical (unpaired) electrons. The van der Waals surface area contributed by atoms with Gasteiger partial charge in [0, 0.05) is 5.02 Å². The molecule has 0 amide bonds. The number of aryl methyl sites for hydroxylation is 1. The maximum atomic E-state index is 12.3. The van der Waals surface area contributed by atoms with Gasteiger partial charge in [0.25, 0.3) is 0 Å². The van der Waals surface area contributed by atoms with Crippen LogP contribution in [0, 0.1) is 10.1 Å². The Hall–Kier alpha value is -2.93. The summed E-state index contributed by atoms with van der Waals surface area (Å²) in [6, 6.07) is 7.66. The summed E-state index contributed by atoms with van der Waals surface area (Å²) < 4.78 is 5.07. The Morgan fingerprint density at radius 1 is 1.33 bits per heavy atom. The quantitative estimate of drug-likeness (QED) is 0.473. The van der Waals surface area contributed by atoms with Crippen LogP contribution in [0.15, 0.2) is 30.3 Å². The first-order valence-corrected chi connectivity index (χ1v) is 8.58. The molecule has 7 nitrogen and oxygen atoms in total. The molecule has 0 saturated heterocycles. The second-order valence-electron chi connectivity index (χ2n) is 6.35. The lowest BCUT2D eigenvalue weighted by atomic mass is 9.66. The van der Waals surface area contributed by atoms with Gasteiger partial charge in [-0.05, 0) is 54.7 Å². The number of nitro benzene ring substituents is 1. The first-order valence-electron chi connectivity index (χ1n) is 8.20. The van der Waals surface area contributed by atoms with Crippen LogP contribution < -0.4 is 4.74 Å². The van der Waals surface area contributed by atoms with Crippen LogP contribution in [0.1, 0.15) is 39.9 Å². The third-order valence-corrected chi connectivity index (χ3v) is 5.23. The number of nitrogens with zero attached hydrogens (tertiary/aromatic N) is 1. The van der Waals surface area contributed by atoms with E-state index >= 15 is 0 Å². The summed E-state index contributed by atoms with van der Waals surface area (Å²) in [6.07, 6.45) is 2.39. The average Bonchev–Trinajstić information content (AvgIpc) is 2.65. The van der Waals surface area contributed by atoms with Gasteiger partial charge in [-0.15, -0.1) is 0 Å². The zero-order valence-corrected chi connectivity index (χ0v) is 15.2. The maximum Gasteiger partial charge on any atom is 0.339 e. The van der Waals surface area contributed by atoms with Crippen molar-refractivity contribution in [3.05, 3.63) is 67.7 Å². The lowest BCUT2D eigenvalue weighted by molar-refractivity contribution is -0.386. The van der Waals surface area contributed by atoms with Crippen LogP contribution >= 0.6 is 11.6 Å². The van der Waals surface area contributed by atoms with Gasteiger partial charge in [-0.3, -0.25) is 10.1 Å². The van der Waals surface area contributed by atoms with Gasteiger partial charge in [0.2, 0.25) is 5.75 Å². The Morgan fingerprint density at radius 2 is 2.04 bits per heavy atom. The second-order valence-corrected chi connectivity index (χ2v) is 6.79. The molecule has 0 saturated carbocycles. The highest BCUT2D eigenvalue weighted by molar-refractivity contribution is 6.30. The van der Waals surface area contributed by atoms with Gasteiger partial charge in [0.05, 0.1) is 23.0 Å². The number of carboxylic acid groups (broad SMARTS) is 1. The number of benzene rings is 2. The van der Waals surface area contributed by atoms with E-state index in [1.54, 1.807) is 18.2 Å². The highest BCUT2D eigenvalue weighted by atomic mass is 35.5. The number of rotatable bonds is 5. The maximum absolute atomic E-state index is 12.3. The van der Waals surface area contributed by atoms with E-state index in [-0.39, 0.29) is 16.9 Å². The first kappa shape index (κ1) is 18.8. The third-order valence-electron chi connectivity index (χ3n) is 5.00. The number of carbonyl (C=O) groups is 2. The zero-order valence-electron chi connectivity index (χ0n) is 14.4. The highest BCUT2D eigenvalue weighted by Gasteiger charge is 2.44. The summed E-state index contributed by atoms with van der Waals surface area (Å²) >= 11 is 6.06. The number of carbonyl (C=O) groups excluding carboxylic acids is 1. The molecule has 0 aromatic heterocycles. The van der Waals surface area contributed by atoms with Crippen molar-refractivity contribution in [1.29, 1.82) is 0 Å². The second kappa shape index (κ2) is 7.00. The van der Waals surface area contributed by atoms with Crippen LogP contribution in [0.4, 0.5) is 5.69 Å². The minimum Gasteiger partial charge on any atom is -0.490 e. The third kappa shape index (κ3) is 2.94. The monoisotopic (exact) mass is 389 g/mol. The van der Waals surface area contributed by atoms with Crippen LogP contribution in [0.25, 0.3) is 0 Å². The molecule has 0 bridgehead atoms. The fourth-order valence-electron chi connectivity index (χ4n) is 3.85. The molecule has 8 heteroatoms. The van der Waals surface area contributed by atoms with Crippen molar-refractivity contribution in [2.24, 2.45) is 0 Å². The zero-order chi connectivity index (χ0) is 19.8. The lowest BCUT2D eigenvalue weighted by Gasteiger charge is -2.35. The van der Waals surface area contributed by atoms with Crippen LogP contribution in [0.2, 0.25) is 5.02 Å². The molecule has 1 aliphatic carbocycles. The molecule has 3 rings (SSSR count).